The fourth-order valence-corrected chi connectivity index (χ4v) is 4.04. The number of benzene rings is 3. The number of nitrogens with zero attached hydrogens (tertiary/aromatic N) is 1. The van der Waals surface area contributed by atoms with E-state index in [2.05, 4.69) is 11.8 Å². The average molecular weight is 428 g/mol. The summed E-state index contributed by atoms with van der Waals surface area (Å²) in [7, 11) is 0. The SMILES string of the molecule is CCCCOc1ccc(N2COc3ccc4c(-c5ccccc5)cc(=O)oc4c3C2)cc1. The molecule has 3 aromatic carbocycles. The third-order valence-corrected chi connectivity index (χ3v) is 5.75. The molecule has 0 amide bonds. The van der Waals surface area contributed by atoms with E-state index in [1.165, 1.54) is 0 Å². The van der Waals surface area contributed by atoms with Gasteiger partial charge < -0.3 is 18.8 Å². The summed E-state index contributed by atoms with van der Waals surface area (Å²) in [5, 5.41) is 0.902. The van der Waals surface area contributed by atoms with Gasteiger partial charge in [0.25, 0.3) is 0 Å². The maximum atomic E-state index is 12.4. The van der Waals surface area contributed by atoms with Gasteiger partial charge in [0.1, 0.15) is 17.1 Å². The summed E-state index contributed by atoms with van der Waals surface area (Å²) >= 11 is 0. The van der Waals surface area contributed by atoms with Gasteiger partial charge in [0.05, 0.1) is 18.7 Å². The fraction of sp³-hybridized carbons (Fsp3) is 0.222. The van der Waals surface area contributed by atoms with Crippen molar-refractivity contribution in [1.82, 2.24) is 0 Å². The zero-order valence-corrected chi connectivity index (χ0v) is 18.0. The van der Waals surface area contributed by atoms with Crippen LogP contribution < -0.4 is 20.0 Å². The van der Waals surface area contributed by atoms with Crippen LogP contribution in [0.2, 0.25) is 0 Å². The number of hydrogen-bond acceptors (Lipinski definition) is 5. The molecule has 1 aromatic heterocycles. The lowest BCUT2D eigenvalue weighted by molar-refractivity contribution is 0.288. The molecule has 0 unspecified atom stereocenters. The average Bonchev–Trinajstić information content (AvgIpc) is 2.84. The Kier molecular flexibility index (Phi) is 5.55. The first kappa shape index (κ1) is 20.2. The first-order chi connectivity index (χ1) is 15.7. The Hall–Kier alpha value is -3.73. The van der Waals surface area contributed by atoms with Crippen LogP contribution >= 0.6 is 0 Å². The van der Waals surface area contributed by atoms with Crippen LogP contribution in [0.15, 0.2) is 82.0 Å². The van der Waals surface area contributed by atoms with Crippen LogP contribution in [-0.4, -0.2) is 13.3 Å². The van der Waals surface area contributed by atoms with E-state index in [0.29, 0.717) is 18.9 Å². The van der Waals surface area contributed by atoms with Crippen molar-refractivity contribution >= 4 is 16.7 Å². The van der Waals surface area contributed by atoms with E-state index in [4.69, 9.17) is 13.9 Å². The van der Waals surface area contributed by atoms with Crippen molar-refractivity contribution in [2.75, 3.05) is 18.2 Å². The monoisotopic (exact) mass is 427 g/mol. The highest BCUT2D eigenvalue weighted by Gasteiger charge is 2.23. The molecule has 0 spiro atoms. The Morgan fingerprint density at radius 1 is 1.00 bits per heavy atom. The third-order valence-electron chi connectivity index (χ3n) is 5.75. The van der Waals surface area contributed by atoms with Crippen molar-refractivity contribution in [1.29, 1.82) is 0 Å². The van der Waals surface area contributed by atoms with E-state index in [-0.39, 0.29) is 5.63 Å². The molecule has 0 saturated heterocycles. The first-order valence-corrected chi connectivity index (χ1v) is 11.0. The van der Waals surface area contributed by atoms with Crippen LogP contribution in [0.1, 0.15) is 25.3 Å². The summed E-state index contributed by atoms with van der Waals surface area (Å²) in [6.07, 6.45) is 2.15. The van der Waals surface area contributed by atoms with Crippen LogP contribution in [0.25, 0.3) is 22.1 Å². The predicted octanol–water partition coefficient (Wildman–Crippen LogP) is 6.00. The van der Waals surface area contributed by atoms with Crippen molar-refractivity contribution in [2.24, 2.45) is 0 Å². The number of rotatable bonds is 6. The zero-order valence-electron chi connectivity index (χ0n) is 18.0. The van der Waals surface area contributed by atoms with Gasteiger partial charge >= 0.3 is 5.63 Å². The molecular weight excluding hydrogens is 402 g/mol. The molecule has 2 heterocycles. The predicted molar refractivity (Wildman–Crippen MR) is 126 cm³/mol. The van der Waals surface area contributed by atoms with Crippen LogP contribution in [0.5, 0.6) is 11.5 Å². The lowest BCUT2D eigenvalue weighted by atomic mass is 9.99. The molecule has 0 aliphatic carbocycles. The molecule has 0 N–H and O–H groups in total. The first-order valence-electron chi connectivity index (χ1n) is 11.0. The normalized spacial score (nSPS) is 13.0. The Labute approximate surface area is 186 Å². The molecule has 0 bridgehead atoms. The minimum atomic E-state index is -0.365. The van der Waals surface area contributed by atoms with Crippen LogP contribution in [0, 0.1) is 0 Å². The number of hydrogen-bond donors (Lipinski definition) is 0. The largest absolute Gasteiger partial charge is 0.494 e. The van der Waals surface area contributed by atoms with E-state index < -0.39 is 0 Å². The highest BCUT2D eigenvalue weighted by Crippen LogP contribution is 2.37. The Bertz CT molecular complexity index is 1280. The molecule has 0 fully saturated rings. The quantitative estimate of drug-likeness (QED) is 0.279. The lowest BCUT2D eigenvalue weighted by Gasteiger charge is -2.31. The van der Waals surface area contributed by atoms with Crippen molar-refractivity contribution < 1.29 is 13.9 Å². The van der Waals surface area contributed by atoms with E-state index in [9.17, 15) is 4.79 Å². The van der Waals surface area contributed by atoms with E-state index >= 15 is 0 Å². The van der Waals surface area contributed by atoms with Gasteiger partial charge in [-0.25, -0.2) is 4.79 Å². The molecule has 1 aliphatic rings. The fourth-order valence-electron chi connectivity index (χ4n) is 4.04. The summed E-state index contributed by atoms with van der Waals surface area (Å²) < 4.78 is 17.5. The van der Waals surface area contributed by atoms with Crippen LogP contribution in [-0.2, 0) is 6.54 Å². The topological polar surface area (TPSA) is 51.9 Å². The molecule has 5 nitrogen and oxygen atoms in total. The van der Waals surface area contributed by atoms with E-state index in [1.807, 2.05) is 66.7 Å². The van der Waals surface area contributed by atoms with Crippen molar-refractivity contribution in [2.45, 2.75) is 26.3 Å². The third kappa shape index (κ3) is 3.94. The second-order valence-corrected chi connectivity index (χ2v) is 7.93. The maximum absolute atomic E-state index is 12.4. The van der Waals surface area contributed by atoms with Crippen LogP contribution in [0.3, 0.4) is 0 Å². The van der Waals surface area contributed by atoms with Gasteiger partial charge in [-0.1, -0.05) is 43.7 Å². The molecule has 32 heavy (non-hydrogen) atoms. The summed E-state index contributed by atoms with van der Waals surface area (Å²) in [6, 6.07) is 23.4. The summed E-state index contributed by atoms with van der Waals surface area (Å²) in [5.41, 5.74) is 3.97. The Balaban J connectivity index is 1.48. The van der Waals surface area contributed by atoms with Crippen molar-refractivity contribution in [3.05, 3.63) is 88.8 Å². The summed E-state index contributed by atoms with van der Waals surface area (Å²) in [6.45, 7) is 3.89. The molecule has 0 atom stereocenters. The standard InChI is InChI=1S/C27H25NO4/c1-2-3-15-30-21-11-9-20(10-12-21)28-17-24-25(31-18-28)14-13-22-23(16-26(29)32-27(22)24)19-7-5-4-6-8-19/h4-14,16H,2-3,15,17-18H2,1H3. The molecular formula is C27H25NO4. The lowest BCUT2D eigenvalue weighted by Crippen LogP contribution is -2.32. The van der Waals surface area contributed by atoms with E-state index in [0.717, 1.165) is 58.7 Å². The molecule has 162 valence electrons. The number of fused-ring (bicyclic) bond motifs is 3. The van der Waals surface area contributed by atoms with Gasteiger partial charge in [-0.2, -0.15) is 0 Å². The molecule has 5 heteroatoms. The zero-order chi connectivity index (χ0) is 21.9. The molecule has 0 radical (unpaired) electrons. The Morgan fingerprint density at radius 2 is 1.81 bits per heavy atom. The van der Waals surface area contributed by atoms with Gasteiger partial charge in [0.2, 0.25) is 0 Å². The molecule has 0 saturated carbocycles. The molecule has 4 aromatic rings. The second kappa shape index (κ2) is 8.79. The van der Waals surface area contributed by atoms with Crippen molar-refractivity contribution in [3.8, 4) is 22.6 Å². The van der Waals surface area contributed by atoms with Crippen LogP contribution in [0.4, 0.5) is 5.69 Å². The minimum Gasteiger partial charge on any atom is -0.494 e. The number of ether oxygens (including phenoxy) is 2. The smallest absolute Gasteiger partial charge is 0.336 e. The van der Waals surface area contributed by atoms with Gasteiger partial charge in [0, 0.05) is 17.1 Å². The van der Waals surface area contributed by atoms with Gasteiger partial charge in [-0.3, -0.25) is 0 Å². The van der Waals surface area contributed by atoms with Gasteiger partial charge in [-0.15, -0.1) is 0 Å². The highest BCUT2D eigenvalue weighted by molar-refractivity contribution is 5.96. The minimum absolute atomic E-state index is 0.365. The van der Waals surface area contributed by atoms with Crippen molar-refractivity contribution in [3.63, 3.8) is 0 Å². The molecule has 5 rings (SSSR count). The summed E-state index contributed by atoms with van der Waals surface area (Å²) in [5.74, 6) is 1.62. The number of anilines is 1. The maximum Gasteiger partial charge on any atom is 0.336 e. The van der Waals surface area contributed by atoms with Gasteiger partial charge in [0.15, 0.2) is 6.73 Å². The molecule has 1 aliphatic heterocycles. The highest BCUT2D eigenvalue weighted by atomic mass is 16.5. The van der Waals surface area contributed by atoms with Gasteiger partial charge in [-0.05, 0) is 53.9 Å². The second-order valence-electron chi connectivity index (χ2n) is 7.93. The summed E-state index contributed by atoms with van der Waals surface area (Å²) in [4.78, 5) is 14.5. The van der Waals surface area contributed by atoms with E-state index in [1.54, 1.807) is 6.07 Å². The Morgan fingerprint density at radius 3 is 2.59 bits per heavy atom. The number of unbranched alkanes of at least 4 members (excludes halogenated alkanes) is 1.